The lowest BCUT2D eigenvalue weighted by Crippen LogP contribution is -2.28. The van der Waals surface area contributed by atoms with Gasteiger partial charge in [0.15, 0.2) is 18.2 Å². The van der Waals surface area contributed by atoms with Gasteiger partial charge in [-0.3, -0.25) is 14.5 Å². The Balaban J connectivity index is 2.09. The molecule has 0 saturated heterocycles. The van der Waals surface area contributed by atoms with Gasteiger partial charge in [-0.15, -0.1) is 0 Å². The average molecular weight is 469 g/mol. The van der Waals surface area contributed by atoms with Gasteiger partial charge in [0.1, 0.15) is 18.0 Å². The summed E-state index contributed by atoms with van der Waals surface area (Å²) < 4.78 is 61.7. The summed E-state index contributed by atoms with van der Waals surface area (Å²) >= 11 is -2.61. The molecular formula is C21H23F2N2O6S-. The van der Waals surface area contributed by atoms with Gasteiger partial charge in [-0.1, -0.05) is 12.6 Å². The van der Waals surface area contributed by atoms with Crippen LogP contribution in [0.1, 0.15) is 31.9 Å². The molecule has 0 amide bonds. The Morgan fingerprint density at radius 1 is 1.19 bits per heavy atom. The zero-order chi connectivity index (χ0) is 23.9. The second-order valence-corrected chi connectivity index (χ2v) is 8.20. The van der Waals surface area contributed by atoms with Crippen LogP contribution in [0.25, 0.3) is 5.70 Å². The third-order valence-corrected chi connectivity index (χ3v) is 4.12. The number of hydrogen-bond donors (Lipinski definition) is 2. The number of benzene rings is 2. The van der Waals surface area contributed by atoms with E-state index in [1.807, 2.05) is 0 Å². The van der Waals surface area contributed by atoms with Crippen LogP contribution in [0, 0.1) is 11.6 Å². The number of carbonyl (C=O) groups excluding carboxylic acids is 1. The van der Waals surface area contributed by atoms with E-state index in [1.165, 1.54) is 12.1 Å². The van der Waals surface area contributed by atoms with Gasteiger partial charge < -0.3 is 18.7 Å². The molecule has 32 heavy (non-hydrogen) atoms. The standard InChI is InChI=1S/C21H24F2N2O6S/c1-13(24-30-12-20(26)31-21(2,3)4)14-5-7-18(25-32(27)28)15(9-14)11-29-19-8-6-16(22)10-17(19)23/h5-10,24-25H,1,11-12H2,2-4H3,(H,27,28)/p-1. The Morgan fingerprint density at radius 2 is 1.91 bits per heavy atom. The van der Waals surface area contributed by atoms with Crippen LogP contribution in [0.2, 0.25) is 0 Å². The Bertz CT molecular complexity index is 1010. The number of anilines is 1. The van der Waals surface area contributed by atoms with Crippen molar-refractivity contribution < 1.29 is 36.6 Å². The molecular weight excluding hydrogens is 446 g/mol. The third-order valence-electron chi connectivity index (χ3n) is 3.73. The van der Waals surface area contributed by atoms with Gasteiger partial charge in [0.25, 0.3) is 0 Å². The molecule has 11 heteroatoms. The number of ether oxygens (including phenoxy) is 2. The van der Waals surface area contributed by atoms with Crippen molar-refractivity contribution in [2.75, 3.05) is 11.3 Å². The van der Waals surface area contributed by atoms with E-state index >= 15 is 0 Å². The van der Waals surface area contributed by atoms with E-state index in [1.54, 1.807) is 26.8 Å². The van der Waals surface area contributed by atoms with Crippen LogP contribution >= 0.6 is 0 Å². The number of halogens is 2. The fourth-order valence-electron chi connectivity index (χ4n) is 2.45. The highest BCUT2D eigenvalue weighted by Crippen LogP contribution is 2.25. The summed E-state index contributed by atoms with van der Waals surface area (Å²) in [5.74, 6) is -2.44. The molecule has 2 aromatic carbocycles. The molecule has 0 saturated carbocycles. The molecule has 0 aromatic heterocycles. The molecule has 0 heterocycles. The summed E-state index contributed by atoms with van der Waals surface area (Å²) in [6.45, 7) is 8.37. The molecule has 8 nitrogen and oxygen atoms in total. The molecule has 174 valence electrons. The number of rotatable bonds is 10. The van der Waals surface area contributed by atoms with Crippen molar-refractivity contribution in [2.24, 2.45) is 0 Å². The molecule has 2 N–H and O–H groups in total. The Kier molecular flexibility index (Phi) is 8.70. The number of hydroxylamine groups is 1. The lowest BCUT2D eigenvalue weighted by molar-refractivity contribution is -0.161. The van der Waals surface area contributed by atoms with Crippen LogP contribution in [-0.4, -0.2) is 26.9 Å². The van der Waals surface area contributed by atoms with Crippen molar-refractivity contribution in [3.05, 3.63) is 65.7 Å². The first-order chi connectivity index (χ1) is 14.9. The normalized spacial score (nSPS) is 12.1. The molecule has 0 spiro atoms. The molecule has 0 aliphatic heterocycles. The van der Waals surface area contributed by atoms with Crippen molar-refractivity contribution in [3.8, 4) is 5.75 Å². The van der Waals surface area contributed by atoms with Crippen LogP contribution in [0.4, 0.5) is 14.5 Å². The predicted octanol–water partition coefficient (Wildman–Crippen LogP) is 3.58. The topological polar surface area (TPSA) is 109 Å². The predicted molar refractivity (Wildman–Crippen MR) is 114 cm³/mol. The summed E-state index contributed by atoms with van der Waals surface area (Å²) in [6.07, 6.45) is 0. The summed E-state index contributed by atoms with van der Waals surface area (Å²) in [5.41, 5.74) is 3.13. The monoisotopic (exact) mass is 469 g/mol. The van der Waals surface area contributed by atoms with Crippen molar-refractivity contribution in [1.82, 2.24) is 5.48 Å². The van der Waals surface area contributed by atoms with E-state index < -0.39 is 34.5 Å². The highest BCUT2D eigenvalue weighted by Gasteiger charge is 2.16. The number of carbonyl (C=O) groups is 1. The Hall–Kier alpha value is -3.02. The van der Waals surface area contributed by atoms with Gasteiger partial charge in [-0.05, 0) is 50.6 Å². The first-order valence-electron chi connectivity index (χ1n) is 9.30. The Morgan fingerprint density at radius 3 is 2.53 bits per heavy atom. The van der Waals surface area contributed by atoms with Crippen LogP contribution < -0.4 is 14.9 Å². The molecule has 2 aromatic rings. The molecule has 0 fully saturated rings. The molecule has 0 aliphatic carbocycles. The molecule has 0 aliphatic rings. The van der Waals surface area contributed by atoms with Crippen molar-refractivity contribution in [1.29, 1.82) is 0 Å². The number of nitrogens with one attached hydrogen (secondary N) is 2. The number of hydrogen-bond acceptors (Lipinski definition) is 7. The van der Waals surface area contributed by atoms with Crippen LogP contribution in [0.5, 0.6) is 5.75 Å². The second kappa shape index (κ2) is 11.0. The fraction of sp³-hybridized carbons (Fsp3) is 0.286. The quantitative estimate of drug-likeness (QED) is 0.311. The van der Waals surface area contributed by atoms with Gasteiger partial charge in [0.2, 0.25) is 0 Å². The van der Waals surface area contributed by atoms with Gasteiger partial charge in [-0.25, -0.2) is 13.6 Å². The van der Waals surface area contributed by atoms with E-state index in [0.717, 1.165) is 12.1 Å². The average Bonchev–Trinajstić information content (AvgIpc) is 2.66. The molecule has 0 radical (unpaired) electrons. The number of esters is 1. The summed E-state index contributed by atoms with van der Waals surface area (Å²) in [6, 6.07) is 7.36. The van der Waals surface area contributed by atoms with Gasteiger partial charge in [0.05, 0.1) is 11.4 Å². The van der Waals surface area contributed by atoms with Crippen LogP contribution in [0.15, 0.2) is 43.0 Å². The summed E-state index contributed by atoms with van der Waals surface area (Å²) in [5, 5.41) is 0. The summed E-state index contributed by atoms with van der Waals surface area (Å²) in [4.78, 5) is 16.8. The smallest absolute Gasteiger partial charge is 0.335 e. The van der Waals surface area contributed by atoms with Crippen LogP contribution in [0.3, 0.4) is 0 Å². The highest BCUT2D eigenvalue weighted by molar-refractivity contribution is 7.80. The van der Waals surface area contributed by atoms with E-state index in [9.17, 15) is 22.3 Å². The van der Waals surface area contributed by atoms with E-state index in [4.69, 9.17) is 14.3 Å². The van der Waals surface area contributed by atoms with Gasteiger partial charge in [-0.2, -0.15) is 0 Å². The zero-order valence-electron chi connectivity index (χ0n) is 17.7. The van der Waals surface area contributed by atoms with Crippen molar-refractivity contribution in [2.45, 2.75) is 33.0 Å². The van der Waals surface area contributed by atoms with E-state index in [0.29, 0.717) is 17.2 Å². The highest BCUT2D eigenvalue weighted by atomic mass is 32.2. The molecule has 1 atom stereocenters. The minimum Gasteiger partial charge on any atom is -0.755 e. The fourth-order valence-corrected chi connectivity index (χ4v) is 2.83. The zero-order valence-corrected chi connectivity index (χ0v) is 18.5. The largest absolute Gasteiger partial charge is 0.755 e. The summed E-state index contributed by atoms with van der Waals surface area (Å²) in [7, 11) is 0. The lowest BCUT2D eigenvalue weighted by atomic mass is 10.1. The van der Waals surface area contributed by atoms with E-state index in [-0.39, 0.29) is 30.3 Å². The molecule has 0 bridgehead atoms. The minimum atomic E-state index is -2.61. The lowest BCUT2D eigenvalue weighted by Gasteiger charge is -2.20. The maximum Gasteiger partial charge on any atom is 0.335 e. The Labute approximate surface area is 186 Å². The van der Waals surface area contributed by atoms with Crippen LogP contribution in [-0.2, 0) is 32.2 Å². The first-order valence-corrected chi connectivity index (χ1v) is 10.4. The van der Waals surface area contributed by atoms with E-state index in [2.05, 4.69) is 16.8 Å². The maximum absolute atomic E-state index is 13.8. The second-order valence-electron chi connectivity index (χ2n) is 7.53. The van der Waals surface area contributed by atoms with Crippen molar-refractivity contribution in [3.63, 3.8) is 0 Å². The molecule has 1 unspecified atom stereocenters. The van der Waals surface area contributed by atoms with Crippen molar-refractivity contribution >= 4 is 28.6 Å². The van der Waals surface area contributed by atoms with Gasteiger partial charge in [0, 0.05) is 22.9 Å². The third kappa shape index (κ3) is 8.25. The maximum atomic E-state index is 13.8. The minimum absolute atomic E-state index is 0.187. The van der Waals surface area contributed by atoms with Gasteiger partial charge >= 0.3 is 5.97 Å². The molecule has 2 rings (SSSR count). The SMILES string of the molecule is C=C(NOCC(=O)OC(C)(C)C)c1ccc(NS(=O)[O-])c(COc2ccc(F)cc2F)c1. The first kappa shape index (κ1) is 25.2.